The number of rotatable bonds is 3. The van der Waals surface area contributed by atoms with Gasteiger partial charge in [-0.05, 0) is 26.8 Å². The van der Waals surface area contributed by atoms with E-state index in [9.17, 15) is 9.18 Å². The molecule has 5 nitrogen and oxygen atoms in total. The van der Waals surface area contributed by atoms with Gasteiger partial charge in [0.05, 0.1) is 34.9 Å². The van der Waals surface area contributed by atoms with Gasteiger partial charge in [-0.1, -0.05) is 11.6 Å². The molecule has 1 aliphatic rings. The van der Waals surface area contributed by atoms with Crippen molar-refractivity contribution in [3.05, 3.63) is 34.7 Å². The number of aromatic nitrogens is 1. The molecule has 25 heavy (non-hydrogen) atoms. The minimum atomic E-state index is -0.529. The van der Waals surface area contributed by atoms with Crippen molar-refractivity contribution in [3.8, 4) is 0 Å². The molecule has 0 radical (unpaired) electrons. The van der Waals surface area contributed by atoms with E-state index in [2.05, 4.69) is 9.88 Å². The largest absolute Gasteiger partial charge is 0.462 e. The summed E-state index contributed by atoms with van der Waals surface area (Å²) in [5.41, 5.74) is 1.67. The number of fused-ring (bicyclic) bond motifs is 1. The van der Waals surface area contributed by atoms with E-state index in [1.165, 1.54) is 12.1 Å². The first kappa shape index (κ1) is 17.9. The number of carbonyl (C=O) groups is 1. The molecule has 0 unspecified atom stereocenters. The van der Waals surface area contributed by atoms with Crippen LogP contribution in [0.25, 0.3) is 10.9 Å². The van der Waals surface area contributed by atoms with E-state index >= 15 is 0 Å². The van der Waals surface area contributed by atoms with Gasteiger partial charge in [-0.15, -0.1) is 0 Å². The third kappa shape index (κ3) is 3.55. The minimum Gasteiger partial charge on any atom is -0.462 e. The number of hydrogen-bond acceptors (Lipinski definition) is 4. The molecule has 2 aromatic rings. The monoisotopic (exact) mass is 367 g/mol. The molecule has 0 aliphatic carbocycles. The lowest BCUT2D eigenvalue weighted by Gasteiger charge is -2.37. The predicted octanol–water partition coefficient (Wildman–Crippen LogP) is 3.24. The fourth-order valence-electron chi connectivity index (χ4n) is 3.29. The second-order valence-corrected chi connectivity index (χ2v) is 6.65. The van der Waals surface area contributed by atoms with Crippen molar-refractivity contribution in [3.63, 3.8) is 0 Å². The topological polar surface area (TPSA) is 52.9 Å². The van der Waals surface area contributed by atoms with E-state index in [1.54, 1.807) is 13.1 Å². The smallest absolute Gasteiger partial charge is 0.346 e. The van der Waals surface area contributed by atoms with Gasteiger partial charge in [0.15, 0.2) is 6.20 Å². The van der Waals surface area contributed by atoms with E-state index in [1.807, 2.05) is 13.8 Å². The molecular weight excluding hydrogens is 347 g/mol. The summed E-state index contributed by atoms with van der Waals surface area (Å²) in [7, 11) is 0. The molecule has 1 aromatic heterocycles. The molecule has 134 valence electrons. The summed E-state index contributed by atoms with van der Waals surface area (Å²) in [6, 6.07) is 2.88. The minimum absolute atomic E-state index is 0.00446. The first-order valence-electron chi connectivity index (χ1n) is 8.31. The maximum atomic E-state index is 14.1. The molecule has 1 fully saturated rings. The Kier molecular flexibility index (Phi) is 5.11. The molecule has 3 rings (SSSR count). The molecule has 1 saturated heterocycles. The molecule has 0 spiro atoms. The average molecular weight is 368 g/mol. The van der Waals surface area contributed by atoms with Gasteiger partial charge in [0, 0.05) is 19.2 Å². The quantitative estimate of drug-likeness (QED) is 0.781. The number of morpholine rings is 1. The number of H-pyrrole nitrogens is 1. The zero-order valence-electron chi connectivity index (χ0n) is 14.4. The van der Waals surface area contributed by atoms with Crippen LogP contribution in [0.2, 0.25) is 5.02 Å². The van der Waals surface area contributed by atoms with Crippen LogP contribution in [0, 0.1) is 5.82 Å². The molecule has 1 aliphatic heterocycles. The van der Waals surface area contributed by atoms with Crippen LogP contribution < -0.4 is 9.88 Å². The zero-order chi connectivity index (χ0) is 18.1. The zero-order valence-corrected chi connectivity index (χ0v) is 15.2. The molecule has 0 saturated carbocycles. The van der Waals surface area contributed by atoms with Crippen LogP contribution in [0.5, 0.6) is 0 Å². The summed E-state index contributed by atoms with van der Waals surface area (Å²) in [6.07, 6.45) is 1.58. The number of anilines is 1. The van der Waals surface area contributed by atoms with Gasteiger partial charge >= 0.3 is 5.97 Å². The maximum Gasteiger partial charge on any atom is 0.346 e. The number of carbonyl (C=O) groups excluding carboxylic acids is 1. The number of esters is 1. The van der Waals surface area contributed by atoms with Gasteiger partial charge in [-0.25, -0.2) is 14.2 Å². The van der Waals surface area contributed by atoms with E-state index in [0.29, 0.717) is 35.2 Å². The molecule has 1 aromatic carbocycles. The van der Waals surface area contributed by atoms with Crippen molar-refractivity contribution in [1.29, 1.82) is 0 Å². The summed E-state index contributed by atoms with van der Waals surface area (Å²) in [5.74, 6) is -0.975. The highest BCUT2D eigenvalue weighted by molar-refractivity contribution is 6.31. The Hall–Kier alpha value is -1.92. The summed E-state index contributed by atoms with van der Waals surface area (Å²) < 4.78 is 25.1. The highest BCUT2D eigenvalue weighted by atomic mass is 35.5. The Morgan fingerprint density at radius 1 is 1.40 bits per heavy atom. The van der Waals surface area contributed by atoms with Crippen LogP contribution in [0.3, 0.4) is 0 Å². The van der Waals surface area contributed by atoms with Crippen molar-refractivity contribution in [2.75, 3.05) is 24.6 Å². The van der Waals surface area contributed by atoms with E-state index in [-0.39, 0.29) is 23.8 Å². The van der Waals surface area contributed by atoms with Crippen LogP contribution in [-0.4, -0.2) is 37.9 Å². The fourth-order valence-corrected chi connectivity index (χ4v) is 3.45. The second-order valence-electron chi connectivity index (χ2n) is 6.25. The lowest BCUT2D eigenvalue weighted by Crippen LogP contribution is -2.46. The highest BCUT2D eigenvalue weighted by Gasteiger charge is 2.30. The van der Waals surface area contributed by atoms with Gasteiger partial charge in [0.1, 0.15) is 11.4 Å². The van der Waals surface area contributed by atoms with E-state index < -0.39 is 11.8 Å². The van der Waals surface area contributed by atoms with Gasteiger partial charge < -0.3 is 14.4 Å². The molecule has 2 atom stereocenters. The van der Waals surface area contributed by atoms with Crippen molar-refractivity contribution in [2.45, 2.75) is 33.0 Å². The molecule has 0 bridgehead atoms. The maximum absolute atomic E-state index is 14.1. The first-order chi connectivity index (χ1) is 11.9. The molecule has 2 heterocycles. The fraction of sp³-hybridized carbons (Fsp3) is 0.444. The van der Waals surface area contributed by atoms with Gasteiger partial charge in [0.2, 0.25) is 5.52 Å². The third-order valence-corrected chi connectivity index (χ3v) is 4.46. The highest BCUT2D eigenvalue weighted by Crippen LogP contribution is 2.33. The number of nitrogens with zero attached hydrogens (tertiary/aromatic N) is 1. The van der Waals surface area contributed by atoms with Crippen molar-refractivity contribution >= 4 is 34.2 Å². The Morgan fingerprint density at radius 3 is 2.72 bits per heavy atom. The number of aromatic amines is 1. The summed E-state index contributed by atoms with van der Waals surface area (Å²) >= 11 is 5.90. The summed E-state index contributed by atoms with van der Waals surface area (Å²) in [4.78, 5) is 17.5. The number of halogens is 2. The molecular formula is C18H21ClFN2O3+. The standard InChI is InChI=1S/C18H20ClFN2O3/c1-4-24-18(23)13-7-21-16-6-14(19)15(20)5-12(16)17(13)22-8-10(2)25-11(3)9-22/h5-7,10-11H,4,8-9H2,1-3H3/p+1/t10-,11-/m0/s1. The molecule has 7 heteroatoms. The average Bonchev–Trinajstić information content (AvgIpc) is 2.54. The summed E-state index contributed by atoms with van der Waals surface area (Å²) in [5, 5.41) is 0.621. The lowest BCUT2D eigenvalue weighted by molar-refractivity contribution is -0.344. The second kappa shape index (κ2) is 7.14. The predicted molar refractivity (Wildman–Crippen MR) is 93.7 cm³/mol. The Labute approximate surface area is 150 Å². The number of hydrogen-bond donors (Lipinski definition) is 0. The molecule has 0 amide bonds. The Bertz CT molecular complexity index is 804. The van der Waals surface area contributed by atoms with Gasteiger partial charge in [-0.2, -0.15) is 0 Å². The number of nitrogens with one attached hydrogen (secondary N) is 1. The van der Waals surface area contributed by atoms with Crippen molar-refractivity contribution in [2.24, 2.45) is 0 Å². The van der Waals surface area contributed by atoms with Crippen LogP contribution >= 0.6 is 11.6 Å². The van der Waals surface area contributed by atoms with Crippen molar-refractivity contribution < 1.29 is 23.6 Å². The SMILES string of the molecule is CCOC(=O)c1c[nH+]c2cc(Cl)c(F)cc2c1N1C[C@H](C)O[C@@H](C)C1. The van der Waals surface area contributed by atoms with Gasteiger partial charge in [-0.3, -0.25) is 0 Å². The normalized spacial score (nSPS) is 20.8. The van der Waals surface area contributed by atoms with Crippen LogP contribution in [0.15, 0.2) is 18.3 Å². The number of ether oxygens (including phenoxy) is 2. The first-order valence-corrected chi connectivity index (χ1v) is 8.69. The van der Waals surface area contributed by atoms with Crippen LogP contribution in [0.1, 0.15) is 31.1 Å². The van der Waals surface area contributed by atoms with Crippen LogP contribution in [0.4, 0.5) is 10.1 Å². The van der Waals surface area contributed by atoms with Crippen LogP contribution in [-0.2, 0) is 9.47 Å². The van der Waals surface area contributed by atoms with Crippen molar-refractivity contribution in [1.82, 2.24) is 0 Å². The lowest BCUT2D eigenvalue weighted by atomic mass is 10.1. The van der Waals surface area contributed by atoms with E-state index in [0.717, 1.165) is 0 Å². The summed E-state index contributed by atoms with van der Waals surface area (Å²) in [6.45, 7) is 7.16. The number of pyridine rings is 1. The van der Waals surface area contributed by atoms with Gasteiger partial charge in [0.25, 0.3) is 0 Å². The van der Waals surface area contributed by atoms with E-state index in [4.69, 9.17) is 21.1 Å². The third-order valence-electron chi connectivity index (χ3n) is 4.17. The number of benzene rings is 1. The Balaban J connectivity index is 2.21. The Morgan fingerprint density at radius 2 is 2.08 bits per heavy atom. The molecule has 1 N–H and O–H groups in total.